The lowest BCUT2D eigenvalue weighted by molar-refractivity contribution is 0.408. The van der Waals surface area contributed by atoms with Gasteiger partial charge in [-0.2, -0.15) is 5.10 Å². The number of methoxy groups -OCH3 is 1. The van der Waals surface area contributed by atoms with Gasteiger partial charge in [-0.1, -0.05) is 12.2 Å². The van der Waals surface area contributed by atoms with E-state index in [9.17, 15) is 0 Å². The van der Waals surface area contributed by atoms with E-state index in [4.69, 9.17) is 27.4 Å². The Labute approximate surface area is 123 Å². The molecule has 0 amide bonds. The minimum atomic E-state index is 0.279. The first kappa shape index (κ1) is 14.3. The summed E-state index contributed by atoms with van der Waals surface area (Å²) < 4.78 is 12.9. The number of rotatable bonds is 4. The van der Waals surface area contributed by atoms with Crippen LogP contribution < -0.4 is 15.2 Å². The molecule has 0 saturated heterocycles. The van der Waals surface area contributed by atoms with Crippen LogP contribution in [0, 0.1) is 13.8 Å². The Hall–Kier alpha value is -2.08. The molecule has 1 aromatic carbocycles. The average Bonchev–Trinajstić information content (AvgIpc) is 2.65. The standard InChI is InChI=1S/C14H17N3O2S/c1-8-13(9(2)17(3)16-8)19-12-7-10(18-4)5-6-11(12)14(15)20/h5-7H,1-4H3,(H2,15,20). The second-order valence-electron chi connectivity index (χ2n) is 4.45. The van der Waals surface area contributed by atoms with Gasteiger partial charge in [-0.3, -0.25) is 4.68 Å². The summed E-state index contributed by atoms with van der Waals surface area (Å²) in [6, 6.07) is 5.35. The molecule has 0 aliphatic carbocycles. The fourth-order valence-corrected chi connectivity index (χ4v) is 2.10. The Bertz CT molecular complexity index is 665. The van der Waals surface area contributed by atoms with Gasteiger partial charge in [-0.25, -0.2) is 0 Å². The first-order chi connectivity index (χ1) is 9.43. The van der Waals surface area contributed by atoms with E-state index >= 15 is 0 Å². The summed E-state index contributed by atoms with van der Waals surface area (Å²) in [4.78, 5) is 0.279. The first-order valence-corrected chi connectivity index (χ1v) is 6.50. The normalized spacial score (nSPS) is 10.4. The van der Waals surface area contributed by atoms with Crippen LogP contribution in [0.2, 0.25) is 0 Å². The molecule has 5 nitrogen and oxygen atoms in total. The molecular formula is C14H17N3O2S. The maximum Gasteiger partial charge on any atom is 0.171 e. The van der Waals surface area contributed by atoms with Crippen LogP contribution in [0.4, 0.5) is 0 Å². The zero-order valence-electron chi connectivity index (χ0n) is 11.9. The highest BCUT2D eigenvalue weighted by atomic mass is 32.1. The van der Waals surface area contributed by atoms with E-state index in [2.05, 4.69) is 5.10 Å². The van der Waals surface area contributed by atoms with Crippen LogP contribution in [0.5, 0.6) is 17.2 Å². The first-order valence-electron chi connectivity index (χ1n) is 6.10. The smallest absolute Gasteiger partial charge is 0.171 e. The van der Waals surface area contributed by atoms with Crippen molar-refractivity contribution < 1.29 is 9.47 Å². The Balaban J connectivity index is 2.48. The summed E-state index contributed by atoms with van der Waals surface area (Å²) in [6.07, 6.45) is 0. The van der Waals surface area contributed by atoms with Crippen molar-refractivity contribution in [3.8, 4) is 17.2 Å². The van der Waals surface area contributed by atoms with Crippen LogP contribution in [0.15, 0.2) is 18.2 Å². The summed E-state index contributed by atoms with van der Waals surface area (Å²) in [5, 5.41) is 4.32. The van der Waals surface area contributed by atoms with Gasteiger partial charge in [-0.05, 0) is 26.0 Å². The Morgan fingerprint density at radius 2 is 2.05 bits per heavy atom. The Morgan fingerprint density at radius 3 is 2.55 bits per heavy atom. The average molecular weight is 291 g/mol. The highest BCUT2D eigenvalue weighted by molar-refractivity contribution is 7.80. The van der Waals surface area contributed by atoms with Crippen molar-refractivity contribution in [1.82, 2.24) is 9.78 Å². The molecule has 0 aliphatic rings. The van der Waals surface area contributed by atoms with Gasteiger partial charge >= 0.3 is 0 Å². The van der Waals surface area contributed by atoms with Crippen LogP contribution >= 0.6 is 12.2 Å². The van der Waals surface area contributed by atoms with Crippen LogP contribution in [0.1, 0.15) is 17.0 Å². The van der Waals surface area contributed by atoms with Gasteiger partial charge in [0.25, 0.3) is 0 Å². The summed E-state index contributed by atoms with van der Waals surface area (Å²) in [6.45, 7) is 3.83. The Kier molecular flexibility index (Phi) is 3.94. The molecule has 0 bridgehead atoms. The summed E-state index contributed by atoms with van der Waals surface area (Å²) in [5.41, 5.74) is 8.14. The molecule has 0 saturated carbocycles. The second-order valence-corrected chi connectivity index (χ2v) is 4.89. The summed E-state index contributed by atoms with van der Waals surface area (Å²) in [5.74, 6) is 1.95. The maximum absolute atomic E-state index is 5.96. The third kappa shape index (κ3) is 2.60. The van der Waals surface area contributed by atoms with E-state index in [1.165, 1.54) is 0 Å². The van der Waals surface area contributed by atoms with Gasteiger partial charge in [0, 0.05) is 13.1 Å². The topological polar surface area (TPSA) is 62.3 Å². The molecule has 1 heterocycles. The molecule has 20 heavy (non-hydrogen) atoms. The lowest BCUT2D eigenvalue weighted by Gasteiger charge is -2.12. The minimum absolute atomic E-state index is 0.279. The summed E-state index contributed by atoms with van der Waals surface area (Å²) in [7, 11) is 3.47. The molecule has 2 N–H and O–H groups in total. The number of ether oxygens (including phenoxy) is 2. The highest BCUT2D eigenvalue weighted by Crippen LogP contribution is 2.32. The lowest BCUT2D eigenvalue weighted by atomic mass is 10.2. The van der Waals surface area contributed by atoms with E-state index in [0.717, 1.165) is 11.4 Å². The quantitative estimate of drug-likeness (QED) is 0.877. The van der Waals surface area contributed by atoms with E-state index in [0.29, 0.717) is 22.8 Å². The molecule has 0 radical (unpaired) electrons. The molecule has 0 aliphatic heterocycles. The van der Waals surface area contributed by atoms with Crippen LogP contribution in [0.25, 0.3) is 0 Å². The SMILES string of the molecule is COc1ccc(C(N)=S)c(Oc2c(C)nn(C)c2C)c1. The maximum atomic E-state index is 5.96. The lowest BCUT2D eigenvalue weighted by Crippen LogP contribution is -2.11. The van der Waals surface area contributed by atoms with Gasteiger partial charge in [0.1, 0.15) is 22.2 Å². The predicted octanol–water partition coefficient (Wildman–Crippen LogP) is 2.47. The molecule has 0 atom stereocenters. The number of benzene rings is 1. The second kappa shape index (κ2) is 5.50. The number of thiocarbonyl (C=S) groups is 1. The summed E-state index contributed by atoms with van der Waals surface area (Å²) >= 11 is 5.05. The van der Waals surface area contributed by atoms with Crippen molar-refractivity contribution in [3.63, 3.8) is 0 Å². The zero-order chi connectivity index (χ0) is 14.9. The molecule has 0 spiro atoms. The number of nitrogens with two attached hydrogens (primary N) is 1. The van der Waals surface area contributed by atoms with Gasteiger partial charge in [0.2, 0.25) is 0 Å². The molecule has 6 heteroatoms. The molecular weight excluding hydrogens is 274 g/mol. The fraction of sp³-hybridized carbons (Fsp3) is 0.286. The number of hydrogen-bond acceptors (Lipinski definition) is 4. The molecule has 0 unspecified atom stereocenters. The number of aromatic nitrogens is 2. The van der Waals surface area contributed by atoms with Crippen LogP contribution in [-0.2, 0) is 7.05 Å². The van der Waals surface area contributed by atoms with Gasteiger partial charge < -0.3 is 15.2 Å². The van der Waals surface area contributed by atoms with Crippen molar-refractivity contribution in [3.05, 3.63) is 35.2 Å². The van der Waals surface area contributed by atoms with Crippen molar-refractivity contribution >= 4 is 17.2 Å². The number of nitrogens with zero attached hydrogens (tertiary/aromatic N) is 2. The monoisotopic (exact) mass is 291 g/mol. The van der Waals surface area contributed by atoms with Gasteiger partial charge in [0.05, 0.1) is 18.4 Å². The van der Waals surface area contributed by atoms with Crippen molar-refractivity contribution in [2.75, 3.05) is 7.11 Å². The fourth-order valence-electron chi connectivity index (χ4n) is 1.93. The molecule has 2 aromatic rings. The van der Waals surface area contributed by atoms with E-state index < -0.39 is 0 Å². The largest absolute Gasteiger partial charge is 0.497 e. The van der Waals surface area contributed by atoms with Crippen molar-refractivity contribution in [2.24, 2.45) is 12.8 Å². The highest BCUT2D eigenvalue weighted by Gasteiger charge is 2.15. The zero-order valence-corrected chi connectivity index (χ0v) is 12.7. The molecule has 106 valence electrons. The number of aryl methyl sites for hydroxylation is 2. The van der Waals surface area contributed by atoms with Gasteiger partial charge in [-0.15, -0.1) is 0 Å². The third-order valence-electron chi connectivity index (χ3n) is 3.11. The molecule has 1 aromatic heterocycles. The molecule has 2 rings (SSSR count). The van der Waals surface area contributed by atoms with Crippen molar-refractivity contribution in [1.29, 1.82) is 0 Å². The Morgan fingerprint density at radius 1 is 1.35 bits per heavy atom. The van der Waals surface area contributed by atoms with Crippen LogP contribution in [0.3, 0.4) is 0 Å². The minimum Gasteiger partial charge on any atom is -0.497 e. The van der Waals surface area contributed by atoms with E-state index in [1.807, 2.05) is 20.9 Å². The van der Waals surface area contributed by atoms with Crippen LogP contribution in [-0.4, -0.2) is 21.9 Å². The third-order valence-corrected chi connectivity index (χ3v) is 3.33. The predicted molar refractivity (Wildman–Crippen MR) is 81.6 cm³/mol. The van der Waals surface area contributed by atoms with E-state index in [1.54, 1.807) is 30.0 Å². The van der Waals surface area contributed by atoms with Gasteiger partial charge in [0.15, 0.2) is 5.75 Å². The number of hydrogen-bond donors (Lipinski definition) is 1. The van der Waals surface area contributed by atoms with Crippen molar-refractivity contribution in [2.45, 2.75) is 13.8 Å². The van der Waals surface area contributed by atoms with E-state index in [-0.39, 0.29) is 4.99 Å². The molecule has 0 fully saturated rings.